The van der Waals surface area contributed by atoms with Gasteiger partial charge in [-0.05, 0) is 56.2 Å². The van der Waals surface area contributed by atoms with Gasteiger partial charge in [0.15, 0.2) is 0 Å². The van der Waals surface area contributed by atoms with Gasteiger partial charge in [0.2, 0.25) is 0 Å². The standard InChI is InChI=1S/C20H25NO4/c1-5-23-20(22)16-7-10-17(11-8-16)24-13-19(14(2)3)25-18-9-6-15(4)21-12-18/h6-12,14,19H,5,13H2,1-4H3. The molecule has 0 bridgehead atoms. The Morgan fingerprint density at radius 2 is 1.76 bits per heavy atom. The zero-order chi connectivity index (χ0) is 18.2. The molecule has 0 aliphatic heterocycles. The van der Waals surface area contributed by atoms with Gasteiger partial charge in [0.1, 0.15) is 24.2 Å². The summed E-state index contributed by atoms with van der Waals surface area (Å²) in [5.74, 6) is 1.36. The van der Waals surface area contributed by atoms with Crippen LogP contribution in [-0.4, -0.2) is 30.3 Å². The molecule has 0 aliphatic carbocycles. The van der Waals surface area contributed by atoms with Crippen LogP contribution in [0.2, 0.25) is 0 Å². The van der Waals surface area contributed by atoms with Crippen LogP contribution in [0.25, 0.3) is 0 Å². The van der Waals surface area contributed by atoms with Crippen molar-refractivity contribution in [1.29, 1.82) is 0 Å². The Kier molecular flexibility index (Phi) is 6.81. The normalized spacial score (nSPS) is 11.9. The second-order valence-corrected chi connectivity index (χ2v) is 6.09. The van der Waals surface area contributed by atoms with Gasteiger partial charge in [0, 0.05) is 5.69 Å². The molecule has 0 radical (unpaired) electrons. The molecule has 25 heavy (non-hydrogen) atoms. The second kappa shape index (κ2) is 9.06. The quantitative estimate of drug-likeness (QED) is 0.677. The first-order valence-corrected chi connectivity index (χ1v) is 8.49. The molecule has 1 unspecified atom stereocenters. The molecule has 0 N–H and O–H groups in total. The minimum absolute atomic E-state index is 0.103. The molecule has 1 aromatic heterocycles. The summed E-state index contributed by atoms with van der Waals surface area (Å²) < 4.78 is 16.8. The van der Waals surface area contributed by atoms with Crippen LogP contribution in [0.1, 0.15) is 36.8 Å². The number of aromatic nitrogens is 1. The van der Waals surface area contributed by atoms with Gasteiger partial charge in [-0.15, -0.1) is 0 Å². The van der Waals surface area contributed by atoms with Crippen LogP contribution in [0.5, 0.6) is 11.5 Å². The number of carbonyl (C=O) groups is 1. The molecule has 1 atom stereocenters. The van der Waals surface area contributed by atoms with Crippen molar-refractivity contribution in [2.45, 2.75) is 33.8 Å². The third-order valence-corrected chi connectivity index (χ3v) is 3.69. The van der Waals surface area contributed by atoms with E-state index in [0.29, 0.717) is 24.5 Å². The lowest BCUT2D eigenvalue weighted by Crippen LogP contribution is -2.30. The first-order chi connectivity index (χ1) is 12.0. The van der Waals surface area contributed by atoms with E-state index in [9.17, 15) is 4.79 Å². The van der Waals surface area contributed by atoms with Gasteiger partial charge in [-0.1, -0.05) is 13.8 Å². The molecule has 1 heterocycles. The van der Waals surface area contributed by atoms with Crippen LogP contribution in [-0.2, 0) is 4.74 Å². The lowest BCUT2D eigenvalue weighted by molar-refractivity contribution is 0.0526. The molecule has 134 valence electrons. The largest absolute Gasteiger partial charge is 0.490 e. The summed E-state index contributed by atoms with van der Waals surface area (Å²) in [7, 11) is 0. The minimum Gasteiger partial charge on any atom is -0.490 e. The van der Waals surface area contributed by atoms with E-state index in [2.05, 4.69) is 18.8 Å². The summed E-state index contributed by atoms with van der Waals surface area (Å²) in [5, 5.41) is 0. The maximum Gasteiger partial charge on any atom is 0.338 e. The van der Waals surface area contributed by atoms with Gasteiger partial charge in [-0.25, -0.2) is 4.79 Å². The van der Waals surface area contributed by atoms with E-state index >= 15 is 0 Å². The monoisotopic (exact) mass is 343 g/mol. The van der Waals surface area contributed by atoms with Crippen LogP contribution in [0.4, 0.5) is 0 Å². The number of rotatable bonds is 8. The minimum atomic E-state index is -0.329. The highest BCUT2D eigenvalue weighted by atomic mass is 16.5. The molecule has 0 saturated carbocycles. The molecule has 2 rings (SSSR count). The van der Waals surface area contributed by atoms with Crippen molar-refractivity contribution in [2.75, 3.05) is 13.2 Å². The Hall–Kier alpha value is -2.56. The van der Waals surface area contributed by atoms with Crippen molar-refractivity contribution in [2.24, 2.45) is 5.92 Å². The van der Waals surface area contributed by atoms with Gasteiger partial charge >= 0.3 is 5.97 Å². The number of esters is 1. The summed E-state index contributed by atoms with van der Waals surface area (Å²) in [5.41, 5.74) is 1.46. The summed E-state index contributed by atoms with van der Waals surface area (Å²) >= 11 is 0. The van der Waals surface area contributed by atoms with Crippen molar-refractivity contribution in [3.8, 4) is 11.5 Å². The van der Waals surface area contributed by atoms with Gasteiger partial charge in [0.05, 0.1) is 18.4 Å². The van der Waals surface area contributed by atoms with E-state index in [-0.39, 0.29) is 18.0 Å². The number of benzene rings is 1. The Bertz CT molecular complexity index is 665. The fourth-order valence-corrected chi connectivity index (χ4v) is 2.14. The van der Waals surface area contributed by atoms with E-state index in [4.69, 9.17) is 14.2 Å². The van der Waals surface area contributed by atoms with Gasteiger partial charge in [0.25, 0.3) is 0 Å². The highest BCUT2D eigenvalue weighted by Gasteiger charge is 2.17. The zero-order valence-electron chi connectivity index (χ0n) is 15.2. The molecule has 0 saturated heterocycles. The summed E-state index contributed by atoms with van der Waals surface area (Å²) in [6.45, 7) is 8.65. The Labute approximate surface area is 148 Å². The molecule has 0 spiro atoms. The number of hydrogen-bond acceptors (Lipinski definition) is 5. The lowest BCUT2D eigenvalue weighted by atomic mass is 10.1. The van der Waals surface area contributed by atoms with Crippen LogP contribution >= 0.6 is 0 Å². The van der Waals surface area contributed by atoms with Crippen molar-refractivity contribution < 1.29 is 19.0 Å². The first-order valence-electron chi connectivity index (χ1n) is 8.49. The molecule has 5 heteroatoms. The fourth-order valence-electron chi connectivity index (χ4n) is 2.14. The van der Waals surface area contributed by atoms with Crippen molar-refractivity contribution >= 4 is 5.97 Å². The summed E-state index contributed by atoms with van der Waals surface area (Å²) in [6, 6.07) is 10.7. The third kappa shape index (κ3) is 5.78. The lowest BCUT2D eigenvalue weighted by Gasteiger charge is -2.22. The number of carbonyl (C=O) groups excluding carboxylic acids is 1. The highest BCUT2D eigenvalue weighted by molar-refractivity contribution is 5.89. The molecule has 2 aromatic rings. The average Bonchev–Trinajstić information content (AvgIpc) is 2.60. The molecule has 1 aromatic carbocycles. The maximum absolute atomic E-state index is 11.6. The number of aryl methyl sites for hydroxylation is 1. The highest BCUT2D eigenvalue weighted by Crippen LogP contribution is 2.18. The van der Waals surface area contributed by atoms with E-state index in [1.54, 1.807) is 37.4 Å². The Morgan fingerprint density at radius 3 is 2.32 bits per heavy atom. The van der Waals surface area contributed by atoms with Crippen molar-refractivity contribution in [3.63, 3.8) is 0 Å². The summed E-state index contributed by atoms with van der Waals surface area (Å²) in [6.07, 6.45) is 1.62. The van der Waals surface area contributed by atoms with Crippen molar-refractivity contribution in [1.82, 2.24) is 4.98 Å². The smallest absolute Gasteiger partial charge is 0.338 e. The first kappa shape index (κ1) is 18.8. The van der Waals surface area contributed by atoms with Crippen LogP contribution in [0.15, 0.2) is 42.6 Å². The van der Waals surface area contributed by atoms with Gasteiger partial charge < -0.3 is 14.2 Å². The van der Waals surface area contributed by atoms with Crippen LogP contribution < -0.4 is 9.47 Å². The molecular weight excluding hydrogens is 318 g/mol. The zero-order valence-corrected chi connectivity index (χ0v) is 15.2. The predicted octanol–water partition coefficient (Wildman–Crippen LogP) is 4.05. The van der Waals surface area contributed by atoms with E-state index in [1.807, 2.05) is 19.1 Å². The van der Waals surface area contributed by atoms with Crippen molar-refractivity contribution in [3.05, 3.63) is 53.9 Å². The fraction of sp³-hybridized carbons (Fsp3) is 0.400. The van der Waals surface area contributed by atoms with E-state index < -0.39 is 0 Å². The van der Waals surface area contributed by atoms with Gasteiger partial charge in [-0.3, -0.25) is 4.98 Å². The van der Waals surface area contributed by atoms with E-state index in [1.165, 1.54) is 0 Å². The SMILES string of the molecule is CCOC(=O)c1ccc(OCC(Oc2ccc(C)nc2)C(C)C)cc1. The number of nitrogens with zero attached hydrogens (tertiary/aromatic N) is 1. The maximum atomic E-state index is 11.6. The second-order valence-electron chi connectivity index (χ2n) is 6.09. The average molecular weight is 343 g/mol. The number of pyridine rings is 1. The topological polar surface area (TPSA) is 57.7 Å². The molecule has 0 amide bonds. The molecule has 0 aliphatic rings. The molecule has 5 nitrogen and oxygen atoms in total. The summed E-state index contributed by atoms with van der Waals surface area (Å²) in [4.78, 5) is 15.9. The Balaban J connectivity index is 1.94. The number of hydrogen-bond donors (Lipinski definition) is 0. The molecule has 0 fully saturated rings. The molecular formula is C20H25NO4. The van der Waals surface area contributed by atoms with E-state index in [0.717, 1.165) is 11.4 Å². The Morgan fingerprint density at radius 1 is 1.08 bits per heavy atom. The van der Waals surface area contributed by atoms with Crippen LogP contribution in [0.3, 0.4) is 0 Å². The number of ether oxygens (including phenoxy) is 3. The van der Waals surface area contributed by atoms with Crippen LogP contribution in [0, 0.1) is 12.8 Å². The predicted molar refractivity (Wildman–Crippen MR) is 96.1 cm³/mol. The third-order valence-electron chi connectivity index (χ3n) is 3.69. The van der Waals surface area contributed by atoms with Gasteiger partial charge in [-0.2, -0.15) is 0 Å².